The maximum atomic E-state index is 12.9. The van der Waals surface area contributed by atoms with E-state index in [-0.39, 0.29) is 23.9 Å². The molecule has 0 spiro atoms. The number of halogens is 3. The van der Waals surface area contributed by atoms with E-state index in [9.17, 15) is 18.0 Å². The third kappa shape index (κ3) is 4.28. The fourth-order valence-corrected chi connectivity index (χ4v) is 4.18. The summed E-state index contributed by atoms with van der Waals surface area (Å²) in [5, 5.41) is 0. The summed E-state index contributed by atoms with van der Waals surface area (Å²) in [6.07, 6.45) is 5.25. The van der Waals surface area contributed by atoms with Gasteiger partial charge in [-0.1, -0.05) is 12.8 Å². The summed E-state index contributed by atoms with van der Waals surface area (Å²) in [5.74, 6) is 0.193. The molecule has 1 aliphatic heterocycles. The number of nitrogens with two attached hydrogens (primary N) is 1. The summed E-state index contributed by atoms with van der Waals surface area (Å²) in [6.45, 7) is 1.84. The summed E-state index contributed by atoms with van der Waals surface area (Å²) in [7, 11) is 0. The van der Waals surface area contributed by atoms with Crippen molar-refractivity contribution in [3.63, 3.8) is 0 Å². The van der Waals surface area contributed by atoms with Crippen LogP contribution in [0.5, 0.6) is 0 Å². The molecule has 1 saturated heterocycles. The van der Waals surface area contributed by atoms with Gasteiger partial charge in [-0.05, 0) is 18.9 Å². The van der Waals surface area contributed by atoms with Crippen molar-refractivity contribution in [2.24, 2.45) is 5.73 Å². The Morgan fingerprint density at radius 1 is 1.07 bits per heavy atom. The lowest BCUT2D eigenvalue weighted by molar-refractivity contribution is -0.138. The Morgan fingerprint density at radius 3 is 2.37 bits per heavy atom. The van der Waals surface area contributed by atoms with Gasteiger partial charge in [-0.2, -0.15) is 13.2 Å². The molecule has 2 atom stereocenters. The first kappa shape index (κ1) is 20.6. The van der Waals surface area contributed by atoms with Crippen LogP contribution in [-0.2, 0) is 6.18 Å². The second-order valence-electron chi connectivity index (χ2n) is 7.91. The summed E-state index contributed by atoms with van der Waals surface area (Å²) < 4.78 is 40.0. The predicted octanol–water partition coefficient (Wildman–Crippen LogP) is 2.70. The predicted molar refractivity (Wildman–Crippen MR) is 105 cm³/mol. The molecule has 10 heteroatoms. The maximum Gasteiger partial charge on any atom is 0.419 e. The Bertz CT molecular complexity index is 873. The van der Waals surface area contributed by atoms with E-state index < -0.39 is 11.7 Å². The van der Waals surface area contributed by atoms with Gasteiger partial charge in [0.05, 0.1) is 11.1 Å². The first-order chi connectivity index (χ1) is 14.3. The van der Waals surface area contributed by atoms with Crippen molar-refractivity contribution in [3.05, 3.63) is 42.0 Å². The van der Waals surface area contributed by atoms with Crippen LogP contribution in [-0.4, -0.2) is 57.6 Å². The topological polar surface area (TPSA) is 80.3 Å². The average Bonchev–Trinajstić information content (AvgIpc) is 3.23. The molecule has 3 heterocycles. The number of anilines is 1. The molecule has 2 aliphatic rings. The Labute approximate surface area is 172 Å². The van der Waals surface area contributed by atoms with Crippen LogP contribution in [0.2, 0.25) is 0 Å². The number of alkyl halides is 3. The largest absolute Gasteiger partial charge is 0.419 e. The van der Waals surface area contributed by atoms with Gasteiger partial charge in [0.15, 0.2) is 0 Å². The van der Waals surface area contributed by atoms with Crippen LogP contribution in [0.4, 0.5) is 19.1 Å². The van der Waals surface area contributed by atoms with E-state index in [0.29, 0.717) is 31.7 Å². The van der Waals surface area contributed by atoms with Crippen molar-refractivity contribution in [2.45, 2.75) is 43.9 Å². The molecule has 0 unspecified atom stereocenters. The van der Waals surface area contributed by atoms with Gasteiger partial charge in [-0.3, -0.25) is 4.79 Å². The second kappa shape index (κ2) is 8.25. The van der Waals surface area contributed by atoms with Crippen molar-refractivity contribution in [3.8, 4) is 0 Å². The smallest absolute Gasteiger partial charge is 0.349 e. The molecule has 30 heavy (non-hydrogen) atoms. The fourth-order valence-electron chi connectivity index (χ4n) is 4.18. The number of amides is 1. The van der Waals surface area contributed by atoms with Gasteiger partial charge in [0.2, 0.25) is 5.95 Å². The molecule has 0 aromatic carbocycles. The van der Waals surface area contributed by atoms with Gasteiger partial charge in [0.1, 0.15) is 0 Å². The van der Waals surface area contributed by atoms with Crippen molar-refractivity contribution >= 4 is 11.9 Å². The molecule has 7 nitrogen and oxygen atoms in total. The first-order valence-corrected chi connectivity index (χ1v) is 10.2. The van der Waals surface area contributed by atoms with E-state index in [1.54, 1.807) is 9.80 Å². The zero-order valence-electron chi connectivity index (χ0n) is 16.6. The SMILES string of the molecule is N[C@@H]1CCCC[C@H]1n1ccc(C(=O)N2CCN(c3ncc(C(F)(F)F)cn3)CC2)c1. The maximum absolute atomic E-state index is 12.9. The number of carbonyl (C=O) groups is 1. The highest BCUT2D eigenvalue weighted by atomic mass is 19.4. The molecule has 0 bridgehead atoms. The lowest BCUT2D eigenvalue weighted by atomic mass is 9.91. The normalized spacial score (nSPS) is 22.9. The van der Waals surface area contributed by atoms with Crippen LogP contribution in [0.1, 0.15) is 47.6 Å². The second-order valence-corrected chi connectivity index (χ2v) is 7.91. The minimum Gasteiger partial charge on any atom is -0.349 e. The average molecular weight is 422 g/mol. The van der Waals surface area contributed by atoms with Crippen molar-refractivity contribution in [1.82, 2.24) is 19.4 Å². The Morgan fingerprint density at radius 2 is 1.73 bits per heavy atom. The first-order valence-electron chi connectivity index (χ1n) is 10.2. The van der Waals surface area contributed by atoms with Gasteiger partial charge in [-0.15, -0.1) is 0 Å². The number of carbonyl (C=O) groups excluding carboxylic acids is 1. The molecular formula is C20H25F3N6O. The quantitative estimate of drug-likeness (QED) is 0.823. The third-order valence-electron chi connectivity index (χ3n) is 5.94. The summed E-state index contributed by atoms with van der Waals surface area (Å²) >= 11 is 0. The van der Waals surface area contributed by atoms with Crippen LogP contribution in [0.15, 0.2) is 30.9 Å². The van der Waals surface area contributed by atoms with Crippen molar-refractivity contribution < 1.29 is 18.0 Å². The minimum absolute atomic E-state index is 0.0499. The molecule has 162 valence electrons. The van der Waals surface area contributed by atoms with E-state index >= 15 is 0 Å². The van der Waals surface area contributed by atoms with Gasteiger partial charge in [-0.25, -0.2) is 9.97 Å². The number of nitrogens with zero attached hydrogens (tertiary/aromatic N) is 5. The number of aromatic nitrogens is 3. The summed E-state index contributed by atoms with van der Waals surface area (Å²) in [4.78, 5) is 24.1. The fraction of sp³-hybridized carbons (Fsp3) is 0.550. The molecule has 1 aliphatic carbocycles. The summed E-state index contributed by atoms with van der Waals surface area (Å²) in [6, 6.07) is 2.17. The molecule has 4 rings (SSSR count). The Balaban J connectivity index is 1.35. The van der Waals surface area contributed by atoms with Crippen LogP contribution < -0.4 is 10.6 Å². The van der Waals surface area contributed by atoms with E-state index in [1.807, 2.05) is 18.5 Å². The van der Waals surface area contributed by atoms with Gasteiger partial charge in [0, 0.05) is 63.1 Å². The Kier molecular flexibility index (Phi) is 5.68. The Hall–Kier alpha value is -2.62. The molecule has 2 aromatic rings. The van der Waals surface area contributed by atoms with Gasteiger partial charge >= 0.3 is 6.18 Å². The monoisotopic (exact) mass is 422 g/mol. The van der Waals surface area contributed by atoms with Crippen LogP contribution in [0, 0.1) is 0 Å². The number of piperazine rings is 1. The molecule has 2 N–H and O–H groups in total. The third-order valence-corrected chi connectivity index (χ3v) is 5.94. The van der Waals surface area contributed by atoms with Crippen LogP contribution in [0.25, 0.3) is 0 Å². The van der Waals surface area contributed by atoms with Crippen molar-refractivity contribution in [2.75, 3.05) is 31.1 Å². The number of hydrogen-bond acceptors (Lipinski definition) is 5. The minimum atomic E-state index is -4.46. The highest BCUT2D eigenvalue weighted by molar-refractivity contribution is 5.94. The lowest BCUT2D eigenvalue weighted by Crippen LogP contribution is -2.49. The molecular weight excluding hydrogens is 397 g/mol. The van der Waals surface area contributed by atoms with E-state index in [1.165, 1.54) is 0 Å². The van der Waals surface area contributed by atoms with Crippen molar-refractivity contribution in [1.29, 1.82) is 0 Å². The molecule has 1 saturated carbocycles. The molecule has 0 radical (unpaired) electrons. The summed E-state index contributed by atoms with van der Waals surface area (Å²) in [5.41, 5.74) is 6.01. The molecule has 2 aromatic heterocycles. The lowest BCUT2D eigenvalue weighted by Gasteiger charge is -2.34. The zero-order chi connectivity index (χ0) is 21.3. The zero-order valence-corrected chi connectivity index (χ0v) is 16.6. The standard InChI is InChI=1S/C20H25F3N6O/c21-20(22,23)15-11-25-19(26-12-15)28-9-7-27(8-10-28)18(30)14-5-6-29(13-14)17-4-2-1-3-16(17)24/h5-6,11-13,16-17H,1-4,7-10,24H2/t16-,17-/m1/s1. The van der Waals surface area contributed by atoms with Crippen LogP contribution >= 0.6 is 0 Å². The van der Waals surface area contributed by atoms with Gasteiger partial charge < -0.3 is 20.1 Å². The highest BCUT2D eigenvalue weighted by Gasteiger charge is 2.32. The molecule has 1 amide bonds. The van der Waals surface area contributed by atoms with E-state index in [2.05, 4.69) is 14.5 Å². The highest BCUT2D eigenvalue weighted by Crippen LogP contribution is 2.29. The van der Waals surface area contributed by atoms with E-state index in [0.717, 1.165) is 38.1 Å². The molecule has 2 fully saturated rings. The number of rotatable bonds is 3. The number of hydrogen-bond donors (Lipinski definition) is 1. The van der Waals surface area contributed by atoms with E-state index in [4.69, 9.17) is 5.73 Å². The van der Waals surface area contributed by atoms with Crippen LogP contribution in [0.3, 0.4) is 0 Å². The van der Waals surface area contributed by atoms with Gasteiger partial charge in [0.25, 0.3) is 5.91 Å².